The molecular formula is C21H21ClN4O5S. The lowest BCUT2D eigenvalue weighted by Crippen LogP contribution is -2.38. The molecule has 0 atom stereocenters. The molecule has 1 amide bonds. The Bertz CT molecular complexity index is 1270. The maximum absolute atomic E-state index is 13.0. The number of hydrogen-bond donors (Lipinski definition) is 1. The second kappa shape index (κ2) is 8.79. The maximum atomic E-state index is 13.0. The van der Waals surface area contributed by atoms with E-state index >= 15 is 0 Å². The van der Waals surface area contributed by atoms with Crippen LogP contribution in [0.25, 0.3) is 0 Å². The minimum absolute atomic E-state index is 0.0448. The minimum Gasteiger partial charge on any atom is -0.482 e. The first-order valence-electron chi connectivity index (χ1n) is 10.0. The number of aromatic nitrogens is 2. The summed E-state index contributed by atoms with van der Waals surface area (Å²) in [5.41, 5.74) is 1.76. The van der Waals surface area contributed by atoms with Crippen molar-refractivity contribution in [1.29, 1.82) is 0 Å². The zero-order valence-corrected chi connectivity index (χ0v) is 19.0. The van der Waals surface area contributed by atoms with Gasteiger partial charge in [0, 0.05) is 18.2 Å². The Labute approximate surface area is 190 Å². The summed E-state index contributed by atoms with van der Waals surface area (Å²) in [7, 11) is -4.00. The summed E-state index contributed by atoms with van der Waals surface area (Å²) in [5, 5.41) is 3.82. The molecule has 2 heterocycles. The van der Waals surface area contributed by atoms with Crippen LogP contribution in [0.4, 0.5) is 11.4 Å². The Hall–Kier alpha value is -3.11. The number of carbonyl (C=O) groups excluding carboxylic acids is 1. The number of aryl methyl sites for hydroxylation is 2. The highest BCUT2D eigenvalue weighted by atomic mass is 35.5. The third-order valence-electron chi connectivity index (χ3n) is 4.95. The SMILES string of the molecule is CCc1cccc(NS(=O)(=O)c2cc3c(cc2Cl)N(Cc2noc(CC)n2)C(=O)CO3)c1. The van der Waals surface area contributed by atoms with E-state index in [0.717, 1.165) is 12.0 Å². The smallest absolute Gasteiger partial charge is 0.265 e. The lowest BCUT2D eigenvalue weighted by molar-refractivity contribution is -0.121. The van der Waals surface area contributed by atoms with Gasteiger partial charge in [-0.3, -0.25) is 14.4 Å². The molecule has 0 saturated heterocycles. The fraction of sp³-hybridized carbons (Fsp3) is 0.286. The van der Waals surface area contributed by atoms with Crippen LogP contribution >= 0.6 is 11.6 Å². The van der Waals surface area contributed by atoms with Gasteiger partial charge in [-0.25, -0.2) is 8.42 Å². The van der Waals surface area contributed by atoms with Crippen LogP contribution in [0, 0.1) is 0 Å². The van der Waals surface area contributed by atoms with E-state index in [4.69, 9.17) is 20.9 Å². The number of hydrogen-bond acceptors (Lipinski definition) is 7. The zero-order chi connectivity index (χ0) is 22.9. The molecule has 32 heavy (non-hydrogen) atoms. The van der Waals surface area contributed by atoms with Crippen LogP contribution in [-0.4, -0.2) is 31.1 Å². The molecule has 3 aromatic rings. The van der Waals surface area contributed by atoms with Crippen LogP contribution in [0.2, 0.25) is 5.02 Å². The van der Waals surface area contributed by atoms with Crippen molar-refractivity contribution >= 4 is 38.9 Å². The van der Waals surface area contributed by atoms with Crippen molar-refractivity contribution in [2.24, 2.45) is 0 Å². The highest BCUT2D eigenvalue weighted by molar-refractivity contribution is 7.92. The molecule has 0 unspecified atom stereocenters. The first-order chi connectivity index (χ1) is 15.3. The monoisotopic (exact) mass is 476 g/mol. The van der Waals surface area contributed by atoms with Crippen LogP contribution in [0.15, 0.2) is 45.8 Å². The predicted molar refractivity (Wildman–Crippen MR) is 118 cm³/mol. The molecule has 0 fully saturated rings. The number of sulfonamides is 1. The van der Waals surface area contributed by atoms with E-state index in [-0.39, 0.29) is 34.7 Å². The van der Waals surface area contributed by atoms with Gasteiger partial charge in [0.1, 0.15) is 10.6 Å². The molecule has 4 rings (SSSR count). The molecule has 1 aliphatic heterocycles. The van der Waals surface area contributed by atoms with Gasteiger partial charge in [-0.15, -0.1) is 0 Å². The molecular weight excluding hydrogens is 456 g/mol. The van der Waals surface area contributed by atoms with Gasteiger partial charge in [0.25, 0.3) is 15.9 Å². The van der Waals surface area contributed by atoms with Crippen molar-refractivity contribution in [2.75, 3.05) is 16.2 Å². The van der Waals surface area contributed by atoms with Crippen molar-refractivity contribution in [3.8, 4) is 5.75 Å². The Kier molecular flexibility index (Phi) is 6.07. The van der Waals surface area contributed by atoms with Crippen molar-refractivity contribution in [3.05, 3.63) is 58.7 Å². The summed E-state index contributed by atoms with van der Waals surface area (Å²) in [6.07, 6.45) is 1.34. The van der Waals surface area contributed by atoms with Crippen molar-refractivity contribution in [1.82, 2.24) is 10.1 Å². The summed E-state index contributed by atoms with van der Waals surface area (Å²) < 4.78 is 39.2. The number of ether oxygens (including phenoxy) is 1. The summed E-state index contributed by atoms with van der Waals surface area (Å²) >= 11 is 6.35. The van der Waals surface area contributed by atoms with Gasteiger partial charge in [0.05, 0.1) is 17.3 Å². The zero-order valence-electron chi connectivity index (χ0n) is 17.5. The number of fused-ring (bicyclic) bond motifs is 1. The van der Waals surface area contributed by atoms with Crippen molar-refractivity contribution < 1.29 is 22.5 Å². The Morgan fingerprint density at radius 3 is 2.72 bits per heavy atom. The Morgan fingerprint density at radius 1 is 1.19 bits per heavy atom. The van der Waals surface area contributed by atoms with Gasteiger partial charge < -0.3 is 9.26 Å². The van der Waals surface area contributed by atoms with Crippen molar-refractivity contribution in [2.45, 2.75) is 38.1 Å². The summed E-state index contributed by atoms with van der Waals surface area (Å²) in [5.74, 6) is 0.671. The predicted octanol–water partition coefficient (Wildman–Crippen LogP) is 3.57. The first kappa shape index (κ1) is 22.1. The van der Waals surface area contributed by atoms with Gasteiger partial charge in [-0.2, -0.15) is 4.98 Å². The van der Waals surface area contributed by atoms with Gasteiger partial charge in [0.15, 0.2) is 12.4 Å². The second-order valence-electron chi connectivity index (χ2n) is 7.14. The lowest BCUT2D eigenvalue weighted by Gasteiger charge is -2.29. The number of nitrogens with zero attached hydrogens (tertiary/aromatic N) is 3. The molecule has 0 radical (unpaired) electrons. The van der Waals surface area contributed by atoms with E-state index in [2.05, 4.69) is 14.9 Å². The molecule has 0 saturated carbocycles. The standard InChI is InChI=1S/C21H21ClN4O5S/c1-3-13-6-5-7-14(8-13)25-32(28,29)18-10-17-16(9-15(18)22)26(21(27)12-30-17)11-19-23-20(4-2)31-24-19/h5-10,25H,3-4,11-12H2,1-2H3. The van der Waals surface area contributed by atoms with E-state index < -0.39 is 10.0 Å². The molecule has 168 valence electrons. The topological polar surface area (TPSA) is 115 Å². The largest absolute Gasteiger partial charge is 0.482 e. The Balaban J connectivity index is 1.66. The minimum atomic E-state index is -4.00. The van der Waals surface area contributed by atoms with Gasteiger partial charge in [0.2, 0.25) is 5.89 Å². The van der Waals surface area contributed by atoms with Crippen LogP contribution in [0.1, 0.15) is 31.1 Å². The summed E-state index contributed by atoms with van der Waals surface area (Å²) in [6, 6.07) is 9.82. The molecule has 0 bridgehead atoms. The highest BCUT2D eigenvalue weighted by Crippen LogP contribution is 2.39. The van der Waals surface area contributed by atoms with Crippen LogP contribution in [0.5, 0.6) is 5.75 Å². The van der Waals surface area contributed by atoms with Crippen LogP contribution in [0.3, 0.4) is 0 Å². The number of nitrogens with one attached hydrogen (secondary N) is 1. The molecule has 9 nitrogen and oxygen atoms in total. The number of benzene rings is 2. The van der Waals surface area contributed by atoms with E-state index in [1.54, 1.807) is 18.2 Å². The maximum Gasteiger partial charge on any atom is 0.265 e. The molecule has 1 aliphatic rings. The van der Waals surface area contributed by atoms with E-state index in [0.29, 0.717) is 29.5 Å². The average molecular weight is 477 g/mol. The van der Waals surface area contributed by atoms with Gasteiger partial charge in [-0.05, 0) is 30.2 Å². The summed E-state index contributed by atoms with van der Waals surface area (Å²) in [4.78, 5) is 17.9. The van der Waals surface area contributed by atoms with Crippen molar-refractivity contribution in [3.63, 3.8) is 0 Å². The third kappa shape index (κ3) is 4.42. The first-order valence-corrected chi connectivity index (χ1v) is 11.9. The normalized spacial score (nSPS) is 13.6. The van der Waals surface area contributed by atoms with Crippen LogP contribution < -0.4 is 14.4 Å². The number of carbonyl (C=O) groups is 1. The fourth-order valence-electron chi connectivity index (χ4n) is 3.29. The van der Waals surface area contributed by atoms with Gasteiger partial charge >= 0.3 is 0 Å². The van der Waals surface area contributed by atoms with E-state index in [9.17, 15) is 13.2 Å². The summed E-state index contributed by atoms with van der Waals surface area (Å²) in [6.45, 7) is 3.65. The van der Waals surface area contributed by atoms with Gasteiger partial charge in [-0.1, -0.05) is 42.7 Å². The third-order valence-corrected chi connectivity index (χ3v) is 6.79. The molecule has 0 spiro atoms. The highest BCUT2D eigenvalue weighted by Gasteiger charge is 2.31. The number of anilines is 2. The van der Waals surface area contributed by atoms with E-state index in [1.165, 1.54) is 17.0 Å². The quantitative estimate of drug-likeness (QED) is 0.554. The number of halogens is 1. The molecule has 1 aromatic heterocycles. The van der Waals surface area contributed by atoms with Crippen LogP contribution in [-0.2, 0) is 34.2 Å². The fourth-order valence-corrected chi connectivity index (χ4v) is 4.87. The second-order valence-corrected chi connectivity index (χ2v) is 9.19. The number of amides is 1. The Morgan fingerprint density at radius 2 is 2.00 bits per heavy atom. The average Bonchev–Trinajstić information content (AvgIpc) is 3.23. The molecule has 11 heteroatoms. The van der Waals surface area contributed by atoms with E-state index in [1.807, 2.05) is 19.9 Å². The molecule has 0 aliphatic carbocycles. The number of rotatable bonds is 7. The molecule has 1 N–H and O–H groups in total. The molecule has 2 aromatic carbocycles. The lowest BCUT2D eigenvalue weighted by atomic mass is 10.1.